The molecule has 0 saturated carbocycles. The first-order valence-corrected chi connectivity index (χ1v) is 8.85. The second kappa shape index (κ2) is 8.06. The predicted molar refractivity (Wildman–Crippen MR) is 91.7 cm³/mol. The highest BCUT2D eigenvalue weighted by molar-refractivity contribution is 7.89. The second-order valence-electron chi connectivity index (χ2n) is 4.84. The van der Waals surface area contributed by atoms with E-state index in [9.17, 15) is 13.2 Å². The molecule has 0 aromatic heterocycles. The largest absolute Gasteiger partial charge is 0.276 e. The van der Waals surface area contributed by atoms with Crippen LogP contribution in [-0.2, 0) is 21.2 Å². The van der Waals surface area contributed by atoms with Gasteiger partial charge in [0.1, 0.15) is 0 Å². The van der Waals surface area contributed by atoms with Gasteiger partial charge >= 0.3 is 0 Å². The van der Waals surface area contributed by atoms with Crippen LogP contribution in [0.15, 0.2) is 65.6 Å². The van der Waals surface area contributed by atoms with Gasteiger partial charge in [-0.25, -0.2) is 13.1 Å². The van der Waals surface area contributed by atoms with E-state index in [2.05, 4.69) is 4.72 Å². The summed E-state index contributed by atoms with van der Waals surface area (Å²) in [6.45, 7) is 0.312. The molecule has 1 N–H and O–H groups in total. The highest BCUT2D eigenvalue weighted by Crippen LogP contribution is 2.13. The lowest BCUT2D eigenvalue weighted by Gasteiger charge is -2.07. The summed E-state index contributed by atoms with van der Waals surface area (Å²) in [4.78, 5) is 10.9. The van der Waals surface area contributed by atoms with Crippen molar-refractivity contribution in [1.29, 1.82) is 0 Å². The van der Waals surface area contributed by atoms with Crippen LogP contribution in [0.3, 0.4) is 0 Å². The van der Waals surface area contributed by atoms with Crippen LogP contribution in [0.25, 0.3) is 6.08 Å². The molecule has 23 heavy (non-hydrogen) atoms. The van der Waals surface area contributed by atoms with Crippen LogP contribution in [0.4, 0.5) is 0 Å². The van der Waals surface area contributed by atoms with E-state index >= 15 is 0 Å². The molecule has 0 fully saturated rings. The molecule has 0 atom stereocenters. The van der Waals surface area contributed by atoms with E-state index in [0.717, 1.165) is 5.56 Å². The molecule has 0 radical (unpaired) electrons. The van der Waals surface area contributed by atoms with Gasteiger partial charge in [0.2, 0.25) is 15.3 Å². The van der Waals surface area contributed by atoms with Crippen molar-refractivity contribution in [3.8, 4) is 0 Å². The first-order valence-electron chi connectivity index (χ1n) is 6.98. The molecule has 0 aliphatic carbocycles. The van der Waals surface area contributed by atoms with E-state index in [1.165, 1.54) is 24.3 Å². The number of halogens is 1. The summed E-state index contributed by atoms with van der Waals surface area (Å²) < 4.78 is 27.1. The summed E-state index contributed by atoms with van der Waals surface area (Å²) in [6, 6.07) is 15.9. The quantitative estimate of drug-likeness (QED) is 0.617. The van der Waals surface area contributed by atoms with Gasteiger partial charge in [0, 0.05) is 6.54 Å². The fourth-order valence-electron chi connectivity index (χ4n) is 2.00. The Balaban J connectivity index is 2.04. The third-order valence-electron chi connectivity index (χ3n) is 3.12. The van der Waals surface area contributed by atoms with Crippen molar-refractivity contribution in [3.05, 3.63) is 71.8 Å². The number of sulfonamides is 1. The number of carbonyl (C=O) groups is 1. The Hall–Kier alpha value is -1.95. The predicted octanol–water partition coefficient (Wildman–Crippen LogP) is 2.99. The lowest BCUT2D eigenvalue weighted by atomic mass is 10.2. The third kappa shape index (κ3) is 5.63. The van der Waals surface area contributed by atoms with Gasteiger partial charge in [0.15, 0.2) is 0 Å². The van der Waals surface area contributed by atoms with Gasteiger partial charge in [-0.1, -0.05) is 48.5 Å². The van der Waals surface area contributed by atoms with Crippen LogP contribution in [-0.4, -0.2) is 20.2 Å². The van der Waals surface area contributed by atoms with E-state index in [1.54, 1.807) is 12.1 Å². The lowest BCUT2D eigenvalue weighted by Crippen LogP contribution is -2.26. The van der Waals surface area contributed by atoms with Crippen molar-refractivity contribution in [2.45, 2.75) is 11.3 Å². The van der Waals surface area contributed by atoms with Gasteiger partial charge in [-0.2, -0.15) is 0 Å². The van der Waals surface area contributed by atoms with Gasteiger partial charge < -0.3 is 0 Å². The Labute approximate surface area is 140 Å². The minimum atomic E-state index is -3.59. The zero-order valence-corrected chi connectivity index (χ0v) is 13.8. The van der Waals surface area contributed by atoms with Gasteiger partial charge in [-0.05, 0) is 47.4 Å². The van der Waals surface area contributed by atoms with E-state index in [1.807, 2.05) is 30.3 Å². The smallest absolute Gasteiger partial charge is 0.245 e. The normalized spacial score (nSPS) is 11.7. The molecule has 0 aliphatic heterocycles. The molecular formula is C17H16ClNO3S. The minimum Gasteiger partial charge on any atom is -0.276 e. The Bertz CT molecular complexity index is 802. The Morgan fingerprint density at radius 2 is 1.83 bits per heavy atom. The maximum Gasteiger partial charge on any atom is 0.245 e. The molecule has 0 bridgehead atoms. The number of nitrogens with one attached hydrogen (secondary N) is 1. The second-order valence-corrected chi connectivity index (χ2v) is 6.98. The number of carbonyl (C=O) groups excluding carboxylic acids is 1. The molecule has 0 aliphatic rings. The van der Waals surface area contributed by atoms with Crippen LogP contribution in [0, 0.1) is 0 Å². The lowest BCUT2D eigenvalue weighted by molar-refractivity contribution is -0.107. The molecule has 0 amide bonds. The average molecular weight is 350 g/mol. The van der Waals surface area contributed by atoms with E-state index in [-0.39, 0.29) is 4.90 Å². The molecule has 0 saturated heterocycles. The number of hydrogen-bond acceptors (Lipinski definition) is 3. The molecule has 6 heteroatoms. The molecule has 120 valence electrons. The number of hydrogen-bond donors (Lipinski definition) is 1. The minimum absolute atomic E-state index is 0.148. The van der Waals surface area contributed by atoms with Crippen molar-refractivity contribution in [2.75, 3.05) is 6.54 Å². The van der Waals surface area contributed by atoms with Gasteiger partial charge in [0.05, 0.1) is 4.90 Å². The zero-order valence-electron chi connectivity index (χ0n) is 12.3. The monoisotopic (exact) mass is 349 g/mol. The summed E-state index contributed by atoms with van der Waals surface area (Å²) in [7, 11) is -3.59. The highest BCUT2D eigenvalue weighted by Gasteiger charge is 2.13. The number of rotatable bonds is 7. The topological polar surface area (TPSA) is 63.2 Å². The first kappa shape index (κ1) is 17.4. The van der Waals surface area contributed by atoms with Crippen molar-refractivity contribution in [3.63, 3.8) is 0 Å². The maximum absolute atomic E-state index is 12.3. The Morgan fingerprint density at radius 3 is 2.52 bits per heavy atom. The fraction of sp³-hybridized carbons (Fsp3) is 0.118. The Kier molecular flexibility index (Phi) is 6.10. The number of allylic oxidation sites excluding steroid dienone is 1. The molecule has 4 nitrogen and oxygen atoms in total. The molecule has 0 heterocycles. The molecule has 0 spiro atoms. The molecule has 2 aromatic carbocycles. The van der Waals surface area contributed by atoms with Crippen LogP contribution in [0.1, 0.15) is 11.1 Å². The van der Waals surface area contributed by atoms with Crippen LogP contribution in [0.5, 0.6) is 0 Å². The fourth-order valence-corrected chi connectivity index (χ4v) is 3.15. The number of benzene rings is 2. The summed E-state index contributed by atoms with van der Waals surface area (Å²) in [5.74, 6) is 0. The van der Waals surface area contributed by atoms with Crippen LogP contribution >= 0.6 is 11.6 Å². The first-order chi connectivity index (χ1) is 11.0. The average Bonchev–Trinajstić information content (AvgIpc) is 2.54. The molecular weight excluding hydrogens is 334 g/mol. The summed E-state index contributed by atoms with van der Waals surface area (Å²) in [5.41, 5.74) is 1.65. The van der Waals surface area contributed by atoms with Gasteiger partial charge in [-0.3, -0.25) is 4.79 Å². The highest BCUT2D eigenvalue weighted by atomic mass is 35.5. The maximum atomic E-state index is 12.3. The molecule has 2 aromatic rings. The SMILES string of the molecule is O=C(Cl)/C=C/c1cccc(S(=O)(=O)NCCc2ccccc2)c1. The van der Waals surface area contributed by atoms with Crippen molar-refractivity contribution in [1.82, 2.24) is 4.72 Å². The van der Waals surface area contributed by atoms with Gasteiger partial charge in [0.25, 0.3) is 0 Å². The van der Waals surface area contributed by atoms with E-state index < -0.39 is 15.3 Å². The van der Waals surface area contributed by atoms with Crippen molar-refractivity contribution < 1.29 is 13.2 Å². The molecule has 0 unspecified atom stereocenters. The zero-order chi connectivity index (χ0) is 16.7. The standard InChI is InChI=1S/C17H16ClNO3S/c18-17(20)10-9-15-7-4-8-16(13-15)23(21,22)19-12-11-14-5-2-1-3-6-14/h1-10,13,19H,11-12H2/b10-9+. The summed E-state index contributed by atoms with van der Waals surface area (Å²) >= 11 is 5.23. The third-order valence-corrected chi connectivity index (χ3v) is 4.71. The summed E-state index contributed by atoms with van der Waals surface area (Å²) in [5, 5.41) is -0.612. The van der Waals surface area contributed by atoms with Crippen molar-refractivity contribution >= 4 is 32.9 Å². The summed E-state index contributed by atoms with van der Waals surface area (Å²) in [6.07, 6.45) is 3.26. The van der Waals surface area contributed by atoms with Crippen LogP contribution < -0.4 is 4.72 Å². The van der Waals surface area contributed by atoms with E-state index in [4.69, 9.17) is 11.6 Å². The van der Waals surface area contributed by atoms with Gasteiger partial charge in [-0.15, -0.1) is 0 Å². The van der Waals surface area contributed by atoms with E-state index in [0.29, 0.717) is 18.5 Å². The Morgan fingerprint density at radius 1 is 1.09 bits per heavy atom. The van der Waals surface area contributed by atoms with Crippen molar-refractivity contribution in [2.24, 2.45) is 0 Å². The van der Waals surface area contributed by atoms with Crippen LogP contribution in [0.2, 0.25) is 0 Å². The molecule has 2 rings (SSSR count).